The molecule has 17 heavy (non-hydrogen) atoms. The Morgan fingerprint density at radius 2 is 2.12 bits per heavy atom. The van der Waals surface area contributed by atoms with Crippen molar-refractivity contribution >= 4 is 39.3 Å². The first-order valence-electron chi connectivity index (χ1n) is 4.95. The standard InChI is InChI=1S/C12H12BrClO3/c1-7(15)12(14)10-4-3-9(13)5-8(10)6-11(16)17-2/h3-5,12H,6H2,1-2H3. The fourth-order valence-corrected chi connectivity index (χ4v) is 2.04. The van der Waals surface area contributed by atoms with E-state index in [1.165, 1.54) is 14.0 Å². The van der Waals surface area contributed by atoms with Crippen molar-refractivity contribution in [3.8, 4) is 0 Å². The number of esters is 1. The normalized spacial score (nSPS) is 12.0. The molecule has 92 valence electrons. The minimum Gasteiger partial charge on any atom is -0.469 e. The number of rotatable bonds is 4. The summed E-state index contributed by atoms with van der Waals surface area (Å²) in [5.74, 6) is -0.517. The van der Waals surface area contributed by atoms with Crippen molar-refractivity contribution in [3.05, 3.63) is 33.8 Å². The molecule has 0 aliphatic rings. The molecule has 1 atom stereocenters. The zero-order valence-electron chi connectivity index (χ0n) is 9.50. The van der Waals surface area contributed by atoms with E-state index >= 15 is 0 Å². The van der Waals surface area contributed by atoms with Crippen LogP contribution in [0.15, 0.2) is 22.7 Å². The van der Waals surface area contributed by atoms with Gasteiger partial charge in [-0.2, -0.15) is 0 Å². The highest BCUT2D eigenvalue weighted by molar-refractivity contribution is 9.10. The van der Waals surface area contributed by atoms with E-state index in [4.69, 9.17) is 11.6 Å². The van der Waals surface area contributed by atoms with E-state index in [9.17, 15) is 9.59 Å². The molecule has 0 N–H and O–H groups in total. The van der Waals surface area contributed by atoms with Gasteiger partial charge in [-0.15, -0.1) is 11.6 Å². The van der Waals surface area contributed by atoms with Crippen LogP contribution in [0.4, 0.5) is 0 Å². The maximum absolute atomic E-state index is 11.3. The first kappa shape index (κ1) is 14.2. The summed E-state index contributed by atoms with van der Waals surface area (Å²) in [7, 11) is 1.32. The molecule has 3 nitrogen and oxygen atoms in total. The Hall–Kier alpha value is -0.870. The molecule has 0 saturated carbocycles. The Bertz CT molecular complexity index is 445. The molecular formula is C12H12BrClO3. The van der Waals surface area contributed by atoms with Gasteiger partial charge >= 0.3 is 5.97 Å². The van der Waals surface area contributed by atoms with Crippen LogP contribution in [-0.4, -0.2) is 18.9 Å². The van der Waals surface area contributed by atoms with Gasteiger partial charge in [0.05, 0.1) is 13.5 Å². The van der Waals surface area contributed by atoms with Crippen LogP contribution in [0.1, 0.15) is 23.4 Å². The number of carbonyl (C=O) groups excluding carboxylic acids is 2. The molecule has 0 fully saturated rings. The fourth-order valence-electron chi connectivity index (χ4n) is 1.42. The molecule has 1 rings (SSSR count). The maximum Gasteiger partial charge on any atom is 0.309 e. The molecule has 1 unspecified atom stereocenters. The lowest BCUT2D eigenvalue weighted by Crippen LogP contribution is -2.10. The number of alkyl halides is 1. The SMILES string of the molecule is COC(=O)Cc1cc(Br)ccc1C(Cl)C(C)=O. The zero-order chi connectivity index (χ0) is 13.0. The average Bonchev–Trinajstić information content (AvgIpc) is 2.28. The minimum absolute atomic E-state index is 0.0990. The molecule has 0 heterocycles. The van der Waals surface area contributed by atoms with E-state index in [0.29, 0.717) is 11.1 Å². The number of hydrogen-bond acceptors (Lipinski definition) is 3. The third-order valence-electron chi connectivity index (χ3n) is 2.30. The first-order valence-corrected chi connectivity index (χ1v) is 6.18. The van der Waals surface area contributed by atoms with E-state index in [-0.39, 0.29) is 18.2 Å². The summed E-state index contributed by atoms with van der Waals surface area (Å²) in [6.45, 7) is 1.42. The summed E-state index contributed by atoms with van der Waals surface area (Å²) in [5, 5.41) is -0.734. The van der Waals surface area contributed by atoms with Crippen LogP contribution in [0.3, 0.4) is 0 Å². The lowest BCUT2D eigenvalue weighted by atomic mass is 10.00. The van der Waals surface area contributed by atoms with Gasteiger partial charge in [-0.05, 0) is 30.2 Å². The number of benzene rings is 1. The molecule has 0 aromatic heterocycles. The zero-order valence-corrected chi connectivity index (χ0v) is 11.8. The van der Waals surface area contributed by atoms with Crippen molar-refractivity contribution in [1.29, 1.82) is 0 Å². The predicted molar refractivity (Wildman–Crippen MR) is 69.1 cm³/mol. The first-order chi connectivity index (χ1) is 7.95. The Kier molecular flexibility index (Phi) is 5.15. The molecule has 1 aromatic rings. The molecule has 0 amide bonds. The molecular weight excluding hydrogens is 307 g/mol. The van der Waals surface area contributed by atoms with Crippen LogP contribution in [-0.2, 0) is 20.7 Å². The summed E-state index contributed by atoms with van der Waals surface area (Å²) < 4.78 is 5.43. The van der Waals surface area contributed by atoms with Crippen LogP contribution < -0.4 is 0 Å². The van der Waals surface area contributed by atoms with Gasteiger partial charge in [-0.3, -0.25) is 9.59 Å². The molecule has 0 bridgehead atoms. The molecule has 0 aliphatic carbocycles. The summed E-state index contributed by atoms with van der Waals surface area (Å²) in [4.78, 5) is 22.5. The van der Waals surface area contributed by atoms with E-state index < -0.39 is 5.38 Å². The van der Waals surface area contributed by atoms with Crippen LogP contribution in [0, 0.1) is 0 Å². The van der Waals surface area contributed by atoms with E-state index in [2.05, 4.69) is 20.7 Å². The summed E-state index contributed by atoms with van der Waals surface area (Å²) >= 11 is 9.32. The predicted octanol–water partition coefficient (Wildman–Crippen LogP) is 3.03. The molecule has 1 aromatic carbocycles. The number of ketones is 1. The number of Topliss-reactive ketones (excluding diaryl/α,β-unsaturated/α-hetero) is 1. The van der Waals surface area contributed by atoms with Gasteiger partial charge in [0, 0.05) is 4.47 Å². The Labute approximate surface area is 113 Å². The quantitative estimate of drug-likeness (QED) is 0.633. The minimum atomic E-state index is -0.734. The second-order valence-electron chi connectivity index (χ2n) is 3.57. The molecule has 0 radical (unpaired) electrons. The highest BCUT2D eigenvalue weighted by Crippen LogP contribution is 2.28. The van der Waals surface area contributed by atoms with E-state index in [1.54, 1.807) is 18.2 Å². The summed E-state index contributed by atoms with van der Waals surface area (Å²) in [5.41, 5.74) is 1.34. The van der Waals surface area contributed by atoms with Crippen LogP contribution in [0.5, 0.6) is 0 Å². The van der Waals surface area contributed by atoms with Crippen LogP contribution in [0.2, 0.25) is 0 Å². The third kappa shape index (κ3) is 3.82. The number of halogens is 2. The lowest BCUT2D eigenvalue weighted by molar-refractivity contribution is -0.139. The Morgan fingerprint density at radius 3 is 2.65 bits per heavy atom. The number of carbonyl (C=O) groups is 2. The molecule has 0 saturated heterocycles. The summed E-state index contributed by atoms with van der Waals surface area (Å²) in [6, 6.07) is 5.29. The Morgan fingerprint density at radius 1 is 1.47 bits per heavy atom. The van der Waals surface area contributed by atoms with Crippen molar-refractivity contribution in [1.82, 2.24) is 0 Å². The largest absolute Gasteiger partial charge is 0.469 e. The summed E-state index contributed by atoms with van der Waals surface area (Å²) in [6.07, 6.45) is 0.0990. The number of methoxy groups -OCH3 is 1. The second kappa shape index (κ2) is 6.17. The smallest absolute Gasteiger partial charge is 0.309 e. The maximum atomic E-state index is 11.3. The second-order valence-corrected chi connectivity index (χ2v) is 4.92. The number of ether oxygens (including phenoxy) is 1. The van der Waals surface area contributed by atoms with Gasteiger partial charge < -0.3 is 4.74 Å². The van der Waals surface area contributed by atoms with Crippen molar-refractivity contribution < 1.29 is 14.3 Å². The monoisotopic (exact) mass is 318 g/mol. The van der Waals surface area contributed by atoms with Crippen molar-refractivity contribution in [2.75, 3.05) is 7.11 Å². The van der Waals surface area contributed by atoms with Gasteiger partial charge in [0.2, 0.25) is 0 Å². The lowest BCUT2D eigenvalue weighted by Gasteiger charge is -2.12. The average molecular weight is 320 g/mol. The van der Waals surface area contributed by atoms with Crippen molar-refractivity contribution in [2.45, 2.75) is 18.7 Å². The van der Waals surface area contributed by atoms with Gasteiger partial charge in [-0.1, -0.05) is 22.0 Å². The van der Waals surface area contributed by atoms with Gasteiger partial charge in [-0.25, -0.2) is 0 Å². The highest BCUT2D eigenvalue weighted by Gasteiger charge is 2.18. The van der Waals surface area contributed by atoms with E-state index in [0.717, 1.165) is 4.47 Å². The van der Waals surface area contributed by atoms with Crippen molar-refractivity contribution in [2.24, 2.45) is 0 Å². The fraction of sp³-hybridized carbons (Fsp3) is 0.333. The topological polar surface area (TPSA) is 43.4 Å². The Balaban J connectivity index is 3.11. The molecule has 0 aliphatic heterocycles. The number of hydrogen-bond donors (Lipinski definition) is 0. The van der Waals surface area contributed by atoms with Gasteiger partial charge in [0.1, 0.15) is 5.38 Å². The van der Waals surface area contributed by atoms with Crippen molar-refractivity contribution in [3.63, 3.8) is 0 Å². The van der Waals surface area contributed by atoms with Gasteiger partial charge in [0.25, 0.3) is 0 Å². The van der Waals surface area contributed by atoms with E-state index in [1.807, 2.05) is 0 Å². The van der Waals surface area contributed by atoms with Crippen LogP contribution in [0.25, 0.3) is 0 Å². The third-order valence-corrected chi connectivity index (χ3v) is 3.33. The molecule has 5 heteroatoms. The highest BCUT2D eigenvalue weighted by atomic mass is 79.9. The van der Waals surface area contributed by atoms with Gasteiger partial charge in [0.15, 0.2) is 5.78 Å². The van der Waals surface area contributed by atoms with Crippen LogP contribution >= 0.6 is 27.5 Å². The molecule has 0 spiro atoms.